The number of aliphatic hydroxyl groups excluding tert-OH is 1. The number of aromatic hydroxyl groups is 1. The van der Waals surface area contributed by atoms with Crippen molar-refractivity contribution in [2.75, 3.05) is 39.4 Å². The number of piperidine rings is 1. The van der Waals surface area contributed by atoms with Crippen molar-refractivity contribution in [3.63, 3.8) is 0 Å². The number of nitrogens with zero attached hydrogens (tertiary/aromatic N) is 1. The Morgan fingerprint density at radius 2 is 1.91 bits per heavy atom. The molecule has 0 radical (unpaired) electrons. The zero-order valence-corrected chi connectivity index (χ0v) is 18.9. The molecule has 1 aliphatic heterocycles. The van der Waals surface area contributed by atoms with E-state index in [1.54, 1.807) is 6.07 Å². The van der Waals surface area contributed by atoms with Crippen LogP contribution < -0.4 is 10.2 Å². The van der Waals surface area contributed by atoms with E-state index in [4.69, 9.17) is 4.74 Å². The predicted octanol–water partition coefficient (Wildman–Crippen LogP) is 2.64. The molecule has 1 aliphatic rings. The SMILES string of the molecule is O=c1[nH]c2c(O)ccc(C(O)CN(CCOCCc3ccccc3)C3CCNCC3)c2s1. The Labute approximate surface area is 191 Å². The number of aliphatic hydroxyl groups is 1. The number of rotatable bonds is 10. The predicted molar refractivity (Wildman–Crippen MR) is 128 cm³/mol. The fraction of sp³-hybridized carbons (Fsp3) is 0.458. The van der Waals surface area contributed by atoms with E-state index in [1.807, 2.05) is 18.2 Å². The van der Waals surface area contributed by atoms with Crippen LogP contribution in [0.25, 0.3) is 10.2 Å². The minimum absolute atomic E-state index is 0.0244. The van der Waals surface area contributed by atoms with Crippen molar-refractivity contribution in [2.45, 2.75) is 31.4 Å². The van der Waals surface area contributed by atoms with Crippen LogP contribution in [0, 0.1) is 0 Å². The second-order valence-corrected chi connectivity index (χ2v) is 9.22. The van der Waals surface area contributed by atoms with Crippen molar-refractivity contribution in [1.82, 2.24) is 15.2 Å². The van der Waals surface area contributed by atoms with Crippen molar-refractivity contribution in [3.8, 4) is 5.75 Å². The molecule has 4 N–H and O–H groups in total. The van der Waals surface area contributed by atoms with Gasteiger partial charge in [0.2, 0.25) is 0 Å². The summed E-state index contributed by atoms with van der Waals surface area (Å²) >= 11 is 1.02. The maximum Gasteiger partial charge on any atom is 0.305 e. The summed E-state index contributed by atoms with van der Waals surface area (Å²) in [6, 6.07) is 13.9. The zero-order valence-electron chi connectivity index (χ0n) is 18.1. The van der Waals surface area contributed by atoms with Crippen LogP contribution in [0.5, 0.6) is 5.75 Å². The average molecular weight is 458 g/mol. The fourth-order valence-electron chi connectivity index (χ4n) is 4.34. The summed E-state index contributed by atoms with van der Waals surface area (Å²) in [5, 5.41) is 24.5. The summed E-state index contributed by atoms with van der Waals surface area (Å²) < 4.78 is 6.54. The topological polar surface area (TPSA) is 97.8 Å². The highest BCUT2D eigenvalue weighted by Gasteiger charge is 2.25. The monoisotopic (exact) mass is 457 g/mol. The van der Waals surface area contributed by atoms with Crippen LogP contribution in [0.4, 0.5) is 0 Å². The van der Waals surface area contributed by atoms with E-state index in [0.717, 1.165) is 50.2 Å². The standard InChI is InChI=1S/C24H31N3O4S/c28-20-7-6-19(23-22(20)26-24(30)32-23)21(29)16-27(18-8-11-25-12-9-18)13-15-31-14-10-17-4-2-1-3-5-17/h1-7,18,21,25,28-29H,8-16H2,(H,26,30). The lowest BCUT2D eigenvalue weighted by Crippen LogP contribution is -2.46. The molecule has 1 unspecified atom stereocenters. The largest absolute Gasteiger partial charge is 0.506 e. The molecule has 1 saturated heterocycles. The first-order valence-corrected chi connectivity index (χ1v) is 12.0. The average Bonchev–Trinajstić information content (AvgIpc) is 3.21. The number of aromatic amines is 1. The number of H-pyrrole nitrogens is 1. The van der Waals surface area contributed by atoms with Gasteiger partial charge in [-0.1, -0.05) is 47.7 Å². The molecule has 0 aliphatic carbocycles. The van der Waals surface area contributed by atoms with Gasteiger partial charge in [-0.3, -0.25) is 9.69 Å². The third-order valence-electron chi connectivity index (χ3n) is 6.08. The maximum absolute atomic E-state index is 11.8. The summed E-state index contributed by atoms with van der Waals surface area (Å²) in [6.45, 7) is 4.40. The second kappa shape index (κ2) is 11.1. The van der Waals surface area contributed by atoms with Gasteiger partial charge >= 0.3 is 4.87 Å². The molecule has 1 atom stereocenters. The normalized spacial score (nSPS) is 16.1. The molecule has 1 aromatic heterocycles. The van der Waals surface area contributed by atoms with Crippen molar-refractivity contribution in [3.05, 3.63) is 63.3 Å². The van der Waals surface area contributed by atoms with Crippen LogP contribution in [-0.2, 0) is 11.2 Å². The quantitative estimate of drug-likeness (QED) is 0.350. The molecule has 2 heterocycles. The van der Waals surface area contributed by atoms with Gasteiger partial charge in [0.15, 0.2) is 0 Å². The van der Waals surface area contributed by atoms with Crippen LogP contribution in [0.15, 0.2) is 47.3 Å². The highest BCUT2D eigenvalue weighted by Crippen LogP contribution is 2.32. The van der Waals surface area contributed by atoms with Gasteiger partial charge in [0.1, 0.15) is 11.3 Å². The number of phenolic OH excluding ortho intramolecular Hbond substituents is 1. The zero-order chi connectivity index (χ0) is 22.3. The lowest BCUT2D eigenvalue weighted by molar-refractivity contribution is 0.0437. The molecule has 172 valence electrons. The van der Waals surface area contributed by atoms with Crippen molar-refractivity contribution in [2.24, 2.45) is 0 Å². The molecule has 0 spiro atoms. The van der Waals surface area contributed by atoms with Gasteiger partial charge in [-0.25, -0.2) is 0 Å². The molecule has 1 fully saturated rings. The third-order valence-corrected chi connectivity index (χ3v) is 7.01. The Morgan fingerprint density at radius 1 is 1.12 bits per heavy atom. The number of benzene rings is 2. The van der Waals surface area contributed by atoms with Crippen LogP contribution >= 0.6 is 11.3 Å². The van der Waals surface area contributed by atoms with E-state index in [2.05, 4.69) is 27.3 Å². The van der Waals surface area contributed by atoms with E-state index < -0.39 is 6.10 Å². The first-order valence-electron chi connectivity index (χ1n) is 11.2. The Kier molecular flexibility index (Phi) is 7.94. The molecule has 7 nitrogen and oxygen atoms in total. The van der Waals surface area contributed by atoms with Crippen LogP contribution in [0.2, 0.25) is 0 Å². The Hall–Kier alpha value is -2.23. The van der Waals surface area contributed by atoms with E-state index in [9.17, 15) is 15.0 Å². The van der Waals surface area contributed by atoms with E-state index in [1.165, 1.54) is 11.6 Å². The molecule has 32 heavy (non-hydrogen) atoms. The Bertz CT molecular complexity index is 1050. The smallest absolute Gasteiger partial charge is 0.305 e. The van der Waals surface area contributed by atoms with Crippen LogP contribution in [0.3, 0.4) is 0 Å². The molecule has 0 saturated carbocycles. The van der Waals surface area contributed by atoms with E-state index >= 15 is 0 Å². The second-order valence-electron chi connectivity index (χ2n) is 8.23. The maximum atomic E-state index is 11.8. The number of thiazole rings is 1. The van der Waals surface area contributed by atoms with Crippen LogP contribution in [-0.4, -0.2) is 65.5 Å². The Balaban J connectivity index is 1.39. The lowest BCUT2D eigenvalue weighted by atomic mass is 10.0. The highest BCUT2D eigenvalue weighted by molar-refractivity contribution is 7.16. The van der Waals surface area contributed by atoms with Crippen LogP contribution in [0.1, 0.15) is 30.1 Å². The van der Waals surface area contributed by atoms with Gasteiger partial charge in [-0.05, 0) is 44.0 Å². The summed E-state index contributed by atoms with van der Waals surface area (Å²) in [7, 11) is 0. The molecule has 4 rings (SSSR count). The third kappa shape index (κ3) is 5.76. The lowest BCUT2D eigenvalue weighted by Gasteiger charge is -2.36. The minimum atomic E-state index is -0.760. The van der Waals surface area contributed by atoms with Gasteiger partial charge in [-0.2, -0.15) is 0 Å². The molecule has 2 aromatic carbocycles. The first kappa shape index (κ1) is 22.9. The minimum Gasteiger partial charge on any atom is -0.506 e. The fourth-order valence-corrected chi connectivity index (χ4v) is 5.25. The van der Waals surface area contributed by atoms with Gasteiger partial charge in [0, 0.05) is 24.7 Å². The van der Waals surface area contributed by atoms with E-state index in [0.29, 0.717) is 41.6 Å². The molecule has 0 bridgehead atoms. The van der Waals surface area contributed by atoms with Gasteiger partial charge in [0.05, 0.1) is 24.0 Å². The molecule has 0 amide bonds. The number of phenols is 1. The molecule has 8 heteroatoms. The number of aromatic nitrogens is 1. The Morgan fingerprint density at radius 3 is 2.69 bits per heavy atom. The van der Waals surface area contributed by atoms with Crippen molar-refractivity contribution >= 4 is 21.6 Å². The summed E-state index contributed by atoms with van der Waals surface area (Å²) in [5.74, 6) is 0.0244. The molecular formula is C24H31N3O4S. The van der Waals surface area contributed by atoms with Crippen molar-refractivity contribution < 1.29 is 14.9 Å². The van der Waals surface area contributed by atoms with Gasteiger partial charge < -0.3 is 25.3 Å². The molecule has 3 aromatic rings. The van der Waals surface area contributed by atoms with Crippen molar-refractivity contribution in [1.29, 1.82) is 0 Å². The first-order chi connectivity index (χ1) is 15.6. The molecular weight excluding hydrogens is 426 g/mol. The number of hydrogen-bond donors (Lipinski definition) is 4. The summed E-state index contributed by atoms with van der Waals surface area (Å²) in [5.41, 5.74) is 2.33. The number of ether oxygens (including phenoxy) is 1. The number of hydrogen-bond acceptors (Lipinski definition) is 7. The summed E-state index contributed by atoms with van der Waals surface area (Å²) in [6.07, 6.45) is 2.18. The summed E-state index contributed by atoms with van der Waals surface area (Å²) in [4.78, 5) is 16.6. The van der Waals surface area contributed by atoms with Gasteiger partial charge in [-0.15, -0.1) is 0 Å². The number of nitrogens with one attached hydrogen (secondary N) is 2. The number of fused-ring (bicyclic) bond motifs is 1. The van der Waals surface area contributed by atoms with Gasteiger partial charge in [0.25, 0.3) is 0 Å². The van der Waals surface area contributed by atoms with E-state index in [-0.39, 0.29) is 10.6 Å². The highest BCUT2D eigenvalue weighted by atomic mass is 32.1.